The average molecular weight is 258 g/mol. The van der Waals surface area contributed by atoms with E-state index in [1.54, 1.807) is 19.3 Å². The highest BCUT2D eigenvalue weighted by molar-refractivity contribution is 5.66. The first kappa shape index (κ1) is 12.8. The first-order valence-electron chi connectivity index (χ1n) is 5.85. The molecule has 0 radical (unpaired) electrons. The molecule has 0 bridgehead atoms. The number of aliphatic carboxylic acids is 1. The van der Waals surface area contributed by atoms with E-state index >= 15 is 0 Å². The molecule has 3 aromatic rings. The molecule has 0 unspecified atom stereocenters. The van der Waals surface area contributed by atoms with Crippen molar-refractivity contribution in [3.05, 3.63) is 43.0 Å². The van der Waals surface area contributed by atoms with E-state index in [4.69, 9.17) is 5.11 Å². The fourth-order valence-electron chi connectivity index (χ4n) is 1.50. The molecule has 0 atom stereocenters. The molecule has 3 rings (SSSR count). The van der Waals surface area contributed by atoms with Crippen molar-refractivity contribution >= 4 is 11.6 Å². The van der Waals surface area contributed by atoms with Crippen LogP contribution in [0.25, 0.3) is 16.9 Å². The maximum atomic E-state index is 9.37. The van der Waals surface area contributed by atoms with Crippen molar-refractivity contribution < 1.29 is 9.90 Å². The molecule has 0 aliphatic heterocycles. The third-order valence-electron chi connectivity index (χ3n) is 2.50. The lowest BCUT2D eigenvalue weighted by molar-refractivity contribution is -0.136. The number of hydrogen-bond acceptors (Lipinski definition) is 3. The van der Waals surface area contributed by atoms with Gasteiger partial charge in [-0.25, -0.2) is 4.98 Å². The number of fused-ring (bicyclic) bond motifs is 1. The van der Waals surface area contributed by atoms with Crippen LogP contribution in [0.1, 0.15) is 13.3 Å². The maximum absolute atomic E-state index is 9.37. The van der Waals surface area contributed by atoms with Gasteiger partial charge in [0.2, 0.25) is 0 Å². The minimum atomic E-state index is -0.745. The molecule has 0 aromatic carbocycles. The Bertz CT molecular complexity index is 658. The van der Waals surface area contributed by atoms with E-state index in [1.165, 1.54) is 0 Å². The van der Waals surface area contributed by atoms with Crippen LogP contribution in [-0.2, 0) is 4.79 Å². The van der Waals surface area contributed by atoms with Crippen LogP contribution in [0.2, 0.25) is 0 Å². The molecule has 0 fully saturated rings. The quantitative estimate of drug-likeness (QED) is 0.738. The van der Waals surface area contributed by atoms with Gasteiger partial charge in [-0.3, -0.25) is 9.89 Å². The second kappa shape index (κ2) is 5.81. The summed E-state index contributed by atoms with van der Waals surface area (Å²) in [5.74, 6) is -0.745. The first-order valence-corrected chi connectivity index (χ1v) is 5.85. The maximum Gasteiger partial charge on any atom is 0.303 e. The normalized spacial score (nSPS) is 9.95. The van der Waals surface area contributed by atoms with Gasteiger partial charge in [0, 0.05) is 36.8 Å². The Kier molecular flexibility index (Phi) is 3.92. The smallest absolute Gasteiger partial charge is 0.303 e. The van der Waals surface area contributed by atoms with Crippen molar-refractivity contribution in [1.82, 2.24) is 19.6 Å². The Balaban J connectivity index is 0.000000232. The summed E-state index contributed by atoms with van der Waals surface area (Å²) >= 11 is 0. The minimum Gasteiger partial charge on any atom is -0.481 e. The van der Waals surface area contributed by atoms with E-state index in [0.29, 0.717) is 0 Å². The molecule has 0 spiro atoms. The highest BCUT2D eigenvalue weighted by Gasteiger charge is 1.99. The molecule has 6 heteroatoms. The minimum absolute atomic E-state index is 0.222. The number of carbonyl (C=O) groups is 1. The molecule has 98 valence electrons. The van der Waals surface area contributed by atoms with Crippen molar-refractivity contribution in [1.29, 1.82) is 0 Å². The summed E-state index contributed by atoms with van der Waals surface area (Å²) in [6.45, 7) is 1.60. The van der Waals surface area contributed by atoms with Crippen molar-refractivity contribution in [3.63, 3.8) is 0 Å². The van der Waals surface area contributed by atoms with Gasteiger partial charge in [0.05, 0.1) is 5.69 Å². The van der Waals surface area contributed by atoms with Gasteiger partial charge in [0.25, 0.3) is 0 Å². The number of carboxylic acid groups (broad SMARTS) is 1. The monoisotopic (exact) mass is 258 g/mol. The molecule has 0 saturated carbocycles. The van der Waals surface area contributed by atoms with E-state index in [9.17, 15) is 4.79 Å². The van der Waals surface area contributed by atoms with Crippen LogP contribution in [0.15, 0.2) is 43.0 Å². The topological polar surface area (TPSA) is 83.3 Å². The standard InChI is InChI=1S/C10H8N4.C3H6O2/c1-2-10-11-5-6-14(10)7-8(1)9-3-4-12-13-9;1-2-3(4)5/h1-7H,(H,12,13);2H2,1H3,(H,4,5). The van der Waals surface area contributed by atoms with Gasteiger partial charge >= 0.3 is 5.97 Å². The zero-order valence-corrected chi connectivity index (χ0v) is 10.4. The fraction of sp³-hybridized carbons (Fsp3) is 0.154. The van der Waals surface area contributed by atoms with Crippen LogP contribution in [0.4, 0.5) is 0 Å². The van der Waals surface area contributed by atoms with E-state index in [0.717, 1.165) is 16.9 Å². The molecule has 3 aromatic heterocycles. The van der Waals surface area contributed by atoms with Gasteiger partial charge in [0.15, 0.2) is 0 Å². The largest absolute Gasteiger partial charge is 0.481 e. The van der Waals surface area contributed by atoms with Crippen molar-refractivity contribution in [3.8, 4) is 11.3 Å². The number of pyridine rings is 1. The summed E-state index contributed by atoms with van der Waals surface area (Å²) in [6.07, 6.45) is 7.70. The number of carboxylic acids is 1. The summed E-state index contributed by atoms with van der Waals surface area (Å²) in [5.41, 5.74) is 3.07. The lowest BCUT2D eigenvalue weighted by Gasteiger charge is -1.98. The lowest BCUT2D eigenvalue weighted by atomic mass is 10.2. The predicted molar refractivity (Wildman–Crippen MR) is 70.7 cm³/mol. The van der Waals surface area contributed by atoms with Crippen molar-refractivity contribution in [2.75, 3.05) is 0 Å². The SMILES string of the molecule is CCC(=O)O.c1cc(-c2ccc3nccn3c2)[nH]n1. The highest BCUT2D eigenvalue weighted by Crippen LogP contribution is 2.16. The third kappa shape index (κ3) is 3.19. The number of nitrogens with one attached hydrogen (secondary N) is 1. The summed E-state index contributed by atoms with van der Waals surface area (Å²) in [4.78, 5) is 13.5. The zero-order valence-electron chi connectivity index (χ0n) is 10.4. The van der Waals surface area contributed by atoms with Gasteiger partial charge in [0.1, 0.15) is 5.65 Å². The average Bonchev–Trinajstić information content (AvgIpc) is 3.09. The van der Waals surface area contributed by atoms with Crippen molar-refractivity contribution in [2.45, 2.75) is 13.3 Å². The van der Waals surface area contributed by atoms with Gasteiger partial charge < -0.3 is 9.51 Å². The molecular formula is C13H14N4O2. The third-order valence-corrected chi connectivity index (χ3v) is 2.50. The number of nitrogens with zero attached hydrogens (tertiary/aromatic N) is 3. The lowest BCUT2D eigenvalue weighted by Crippen LogP contribution is -1.86. The van der Waals surface area contributed by atoms with Crippen molar-refractivity contribution in [2.24, 2.45) is 0 Å². The van der Waals surface area contributed by atoms with Crippen LogP contribution in [-0.4, -0.2) is 30.7 Å². The number of hydrogen-bond donors (Lipinski definition) is 2. The molecule has 3 heterocycles. The molecule has 0 amide bonds. The van der Waals surface area contributed by atoms with Crippen LogP contribution >= 0.6 is 0 Å². The highest BCUT2D eigenvalue weighted by atomic mass is 16.4. The summed E-state index contributed by atoms with van der Waals surface area (Å²) in [6, 6.07) is 5.95. The summed E-state index contributed by atoms with van der Waals surface area (Å²) < 4.78 is 1.98. The Labute approximate surface area is 109 Å². The second-order valence-electron chi connectivity index (χ2n) is 3.83. The molecule has 0 aliphatic rings. The number of rotatable bonds is 2. The molecule has 2 N–H and O–H groups in total. The fourth-order valence-corrected chi connectivity index (χ4v) is 1.50. The Morgan fingerprint density at radius 3 is 2.79 bits per heavy atom. The van der Waals surface area contributed by atoms with Crippen LogP contribution < -0.4 is 0 Å². The van der Waals surface area contributed by atoms with E-state index in [-0.39, 0.29) is 6.42 Å². The number of aromatic amines is 1. The molecule has 0 saturated heterocycles. The number of imidazole rings is 1. The van der Waals surface area contributed by atoms with E-state index in [2.05, 4.69) is 15.2 Å². The molecule has 6 nitrogen and oxygen atoms in total. The number of aromatic nitrogens is 4. The first-order chi connectivity index (χ1) is 9.20. The second-order valence-corrected chi connectivity index (χ2v) is 3.83. The van der Waals surface area contributed by atoms with Crippen LogP contribution in [0.5, 0.6) is 0 Å². The summed E-state index contributed by atoms with van der Waals surface area (Å²) in [5, 5.41) is 14.6. The Morgan fingerprint density at radius 2 is 2.16 bits per heavy atom. The Hall–Kier alpha value is -2.63. The van der Waals surface area contributed by atoms with Gasteiger partial charge in [-0.15, -0.1) is 0 Å². The van der Waals surface area contributed by atoms with Crippen LogP contribution in [0.3, 0.4) is 0 Å². The van der Waals surface area contributed by atoms with Gasteiger partial charge in [-0.05, 0) is 18.2 Å². The van der Waals surface area contributed by atoms with Gasteiger partial charge in [-0.2, -0.15) is 5.10 Å². The van der Waals surface area contributed by atoms with Gasteiger partial charge in [-0.1, -0.05) is 6.92 Å². The van der Waals surface area contributed by atoms with E-state index in [1.807, 2.05) is 35.0 Å². The zero-order chi connectivity index (χ0) is 13.7. The summed E-state index contributed by atoms with van der Waals surface area (Å²) in [7, 11) is 0. The predicted octanol–water partition coefficient (Wildman–Crippen LogP) is 2.21. The number of H-pyrrole nitrogens is 1. The molecular weight excluding hydrogens is 244 g/mol. The molecule has 19 heavy (non-hydrogen) atoms. The Morgan fingerprint density at radius 1 is 1.37 bits per heavy atom. The van der Waals surface area contributed by atoms with E-state index < -0.39 is 5.97 Å². The van der Waals surface area contributed by atoms with Crippen LogP contribution in [0, 0.1) is 0 Å². The molecule has 0 aliphatic carbocycles.